The molecule has 0 saturated carbocycles. The first-order valence-corrected chi connectivity index (χ1v) is 8.75. The van der Waals surface area contributed by atoms with Crippen molar-refractivity contribution in [1.29, 1.82) is 0 Å². The third-order valence-electron chi connectivity index (χ3n) is 3.97. The van der Waals surface area contributed by atoms with Gasteiger partial charge in [0.1, 0.15) is 11.9 Å². The molecule has 1 saturated heterocycles. The zero-order valence-electron chi connectivity index (χ0n) is 16.1. The number of ether oxygens (including phenoxy) is 5. The molecule has 0 aromatic heterocycles. The van der Waals surface area contributed by atoms with Crippen LogP contribution in [0.3, 0.4) is 0 Å². The number of rotatable bonds is 7. The minimum absolute atomic E-state index is 0.119. The highest BCUT2D eigenvalue weighted by atomic mass is 16.7. The molecule has 2 rings (SSSR count). The Balaban J connectivity index is 2.44. The first-order chi connectivity index (χ1) is 13.8. The molecule has 0 radical (unpaired) electrons. The van der Waals surface area contributed by atoms with E-state index in [-0.39, 0.29) is 11.3 Å². The molecule has 29 heavy (non-hydrogen) atoms. The molecule has 1 aliphatic heterocycles. The molecule has 5 atom stereocenters. The average molecular weight is 410 g/mol. The summed E-state index contributed by atoms with van der Waals surface area (Å²) in [6, 6.07) is 6.23. The fraction of sp³-hybridized carbons (Fsp3) is 0.474. The summed E-state index contributed by atoms with van der Waals surface area (Å²) < 4.78 is 27.0. The molecule has 0 bridgehead atoms. The van der Waals surface area contributed by atoms with Crippen molar-refractivity contribution >= 4 is 24.2 Å². The van der Waals surface area contributed by atoms with Gasteiger partial charge in [-0.15, -0.1) is 0 Å². The smallest absolute Gasteiger partial charge is 0.303 e. The van der Waals surface area contributed by atoms with Crippen LogP contribution < -0.4 is 4.74 Å². The van der Waals surface area contributed by atoms with E-state index in [2.05, 4.69) is 0 Å². The average Bonchev–Trinajstić information content (AvgIpc) is 2.65. The minimum Gasteiger partial charge on any atom is -0.460 e. The van der Waals surface area contributed by atoms with E-state index in [4.69, 9.17) is 23.7 Å². The Hall–Kier alpha value is -2.98. The maximum absolute atomic E-state index is 11.7. The second-order valence-corrected chi connectivity index (χ2v) is 6.22. The number of aliphatic hydroxyl groups excluding tert-OH is 1. The molecule has 1 N–H and O–H groups in total. The summed E-state index contributed by atoms with van der Waals surface area (Å²) in [4.78, 5) is 46.1. The van der Waals surface area contributed by atoms with Crippen LogP contribution in [0.5, 0.6) is 5.75 Å². The van der Waals surface area contributed by atoms with Crippen molar-refractivity contribution < 1.29 is 48.0 Å². The number of esters is 3. The van der Waals surface area contributed by atoms with E-state index in [1.807, 2.05) is 0 Å². The predicted molar refractivity (Wildman–Crippen MR) is 94.9 cm³/mol. The van der Waals surface area contributed by atoms with Crippen molar-refractivity contribution in [3.8, 4) is 5.75 Å². The molecule has 1 fully saturated rings. The summed E-state index contributed by atoms with van der Waals surface area (Å²) in [5.41, 5.74) is 0.198. The molecule has 158 valence electrons. The Morgan fingerprint density at radius 1 is 0.966 bits per heavy atom. The molecule has 0 unspecified atom stereocenters. The summed E-state index contributed by atoms with van der Waals surface area (Å²) in [6.07, 6.45) is -5.88. The lowest BCUT2D eigenvalue weighted by molar-refractivity contribution is -0.287. The monoisotopic (exact) mass is 410 g/mol. The van der Waals surface area contributed by atoms with Crippen LogP contribution in [0.1, 0.15) is 31.1 Å². The number of carbonyl (C=O) groups is 4. The third kappa shape index (κ3) is 5.75. The third-order valence-corrected chi connectivity index (χ3v) is 3.97. The number of aliphatic hydroxyl groups is 1. The van der Waals surface area contributed by atoms with Crippen molar-refractivity contribution in [3.05, 3.63) is 29.8 Å². The van der Waals surface area contributed by atoms with Crippen LogP contribution in [-0.2, 0) is 33.3 Å². The molecule has 1 aliphatic rings. The zero-order chi connectivity index (χ0) is 21.6. The Morgan fingerprint density at radius 2 is 1.52 bits per heavy atom. The van der Waals surface area contributed by atoms with Gasteiger partial charge in [-0.05, 0) is 12.1 Å². The quantitative estimate of drug-likeness (QED) is 0.382. The van der Waals surface area contributed by atoms with Gasteiger partial charge in [-0.3, -0.25) is 19.2 Å². The van der Waals surface area contributed by atoms with Crippen LogP contribution >= 0.6 is 0 Å². The van der Waals surface area contributed by atoms with Crippen molar-refractivity contribution in [1.82, 2.24) is 0 Å². The molecular formula is C19H22O10. The number of aldehydes is 1. The maximum atomic E-state index is 11.7. The Bertz CT molecular complexity index is 761. The first kappa shape index (κ1) is 22.3. The van der Waals surface area contributed by atoms with E-state index in [1.54, 1.807) is 12.1 Å². The van der Waals surface area contributed by atoms with E-state index >= 15 is 0 Å². The van der Waals surface area contributed by atoms with E-state index in [9.17, 15) is 24.3 Å². The van der Waals surface area contributed by atoms with Gasteiger partial charge in [-0.1, -0.05) is 12.1 Å². The number of hydrogen-bond donors (Lipinski definition) is 1. The topological polar surface area (TPSA) is 135 Å². The van der Waals surface area contributed by atoms with Gasteiger partial charge in [-0.2, -0.15) is 0 Å². The van der Waals surface area contributed by atoms with E-state index in [1.165, 1.54) is 12.1 Å². The molecule has 1 aromatic rings. The lowest BCUT2D eigenvalue weighted by Crippen LogP contribution is -2.63. The van der Waals surface area contributed by atoms with Gasteiger partial charge in [0.15, 0.2) is 18.5 Å². The Morgan fingerprint density at radius 3 is 2.07 bits per heavy atom. The SMILES string of the molecule is CC(=O)O[C@@H]1[C@@H](OC(C)=O)[C@H](Oc2ccccc2C=O)O[C@H](CO)[C@H]1OC(C)=O. The Labute approximate surface area is 166 Å². The van der Waals surface area contributed by atoms with Gasteiger partial charge in [0.05, 0.1) is 12.2 Å². The molecular weight excluding hydrogens is 388 g/mol. The number of benzene rings is 1. The zero-order valence-corrected chi connectivity index (χ0v) is 16.1. The normalized spacial score (nSPS) is 26.1. The summed E-state index contributed by atoms with van der Waals surface area (Å²) in [7, 11) is 0. The van der Waals surface area contributed by atoms with Crippen LogP contribution in [0.25, 0.3) is 0 Å². The summed E-state index contributed by atoms with van der Waals surface area (Å²) >= 11 is 0. The number of para-hydroxylation sites is 1. The second-order valence-electron chi connectivity index (χ2n) is 6.22. The van der Waals surface area contributed by atoms with Crippen molar-refractivity contribution in [2.45, 2.75) is 51.5 Å². The molecule has 10 nitrogen and oxygen atoms in total. The van der Waals surface area contributed by atoms with Crippen LogP contribution in [-0.4, -0.2) is 66.6 Å². The fourth-order valence-corrected chi connectivity index (χ4v) is 2.91. The van der Waals surface area contributed by atoms with Crippen LogP contribution in [0.15, 0.2) is 24.3 Å². The largest absolute Gasteiger partial charge is 0.460 e. The van der Waals surface area contributed by atoms with Crippen molar-refractivity contribution in [2.75, 3.05) is 6.61 Å². The molecule has 1 aromatic carbocycles. The summed E-state index contributed by atoms with van der Waals surface area (Å²) in [5, 5.41) is 9.70. The fourth-order valence-electron chi connectivity index (χ4n) is 2.91. The van der Waals surface area contributed by atoms with Crippen molar-refractivity contribution in [2.24, 2.45) is 0 Å². The number of hydrogen-bond acceptors (Lipinski definition) is 10. The standard InChI is InChI=1S/C19H22O10/c1-10(22)25-16-15(9-21)29-19(28-14-7-5-4-6-13(14)8-20)18(27-12(3)24)17(16)26-11(2)23/h4-8,15-19,21H,9H2,1-3H3/t15-,16-,17+,18-,19-/m1/s1. The van der Waals surface area contributed by atoms with Gasteiger partial charge < -0.3 is 28.8 Å². The van der Waals surface area contributed by atoms with Crippen LogP contribution in [0.2, 0.25) is 0 Å². The van der Waals surface area contributed by atoms with Gasteiger partial charge in [0, 0.05) is 20.8 Å². The van der Waals surface area contributed by atoms with Crippen LogP contribution in [0, 0.1) is 0 Å². The first-order valence-electron chi connectivity index (χ1n) is 8.75. The predicted octanol–water partition coefficient (Wildman–Crippen LogP) is 0.390. The lowest BCUT2D eigenvalue weighted by Gasteiger charge is -2.43. The number of carbonyl (C=O) groups excluding carboxylic acids is 4. The second kappa shape index (κ2) is 9.99. The molecule has 1 heterocycles. The molecule has 0 aliphatic carbocycles. The van der Waals surface area contributed by atoms with Gasteiger partial charge >= 0.3 is 17.9 Å². The molecule has 0 spiro atoms. The summed E-state index contributed by atoms with van der Waals surface area (Å²) in [5.74, 6) is -2.08. The van der Waals surface area contributed by atoms with Gasteiger partial charge in [0.25, 0.3) is 0 Å². The van der Waals surface area contributed by atoms with Gasteiger partial charge in [0.2, 0.25) is 12.4 Å². The molecule has 10 heteroatoms. The molecule has 0 amide bonds. The Kier molecular flexibility index (Phi) is 7.68. The highest BCUT2D eigenvalue weighted by molar-refractivity contribution is 5.79. The highest BCUT2D eigenvalue weighted by Crippen LogP contribution is 2.31. The summed E-state index contributed by atoms with van der Waals surface area (Å²) in [6.45, 7) is 2.76. The van der Waals surface area contributed by atoms with Gasteiger partial charge in [-0.25, -0.2) is 0 Å². The van der Waals surface area contributed by atoms with E-state index in [0.29, 0.717) is 6.29 Å². The highest BCUT2D eigenvalue weighted by Gasteiger charge is 2.52. The van der Waals surface area contributed by atoms with E-state index < -0.39 is 55.2 Å². The lowest BCUT2D eigenvalue weighted by atomic mass is 9.98. The minimum atomic E-state index is -1.37. The van der Waals surface area contributed by atoms with Crippen LogP contribution in [0.4, 0.5) is 0 Å². The van der Waals surface area contributed by atoms with E-state index in [0.717, 1.165) is 20.8 Å². The van der Waals surface area contributed by atoms with Crippen molar-refractivity contribution in [3.63, 3.8) is 0 Å². The maximum Gasteiger partial charge on any atom is 0.303 e.